The molecule has 0 saturated carbocycles. The number of halogens is 2. The minimum atomic E-state index is -3.89. The minimum absolute atomic E-state index is 0.148. The molecule has 0 heterocycles. The van der Waals surface area contributed by atoms with Gasteiger partial charge in [-0.05, 0) is 48.9 Å². The topological polar surface area (TPSA) is 72.5 Å². The van der Waals surface area contributed by atoms with Crippen molar-refractivity contribution in [1.29, 1.82) is 0 Å². The standard InChI is InChI=1S/C17H15ClFNO4S/c1-2-24-17(21)10-5-12-3-6-13(7-4-12)20-25(22,23)14-8-9-16(19)15(18)11-14/h3-11,20H,2H2,1H3. The molecule has 2 rings (SSSR count). The Morgan fingerprint density at radius 1 is 1.24 bits per heavy atom. The Morgan fingerprint density at radius 3 is 2.52 bits per heavy atom. The lowest BCUT2D eigenvalue weighted by molar-refractivity contribution is -0.137. The third-order valence-corrected chi connectivity index (χ3v) is 4.73. The fraction of sp³-hybridized carbons (Fsp3) is 0.118. The molecular formula is C17H15ClFNO4S. The van der Waals surface area contributed by atoms with Gasteiger partial charge in [0, 0.05) is 11.8 Å². The van der Waals surface area contributed by atoms with E-state index < -0.39 is 21.8 Å². The Kier molecular flexibility index (Phi) is 6.17. The molecule has 1 N–H and O–H groups in total. The van der Waals surface area contributed by atoms with Crippen LogP contribution in [0.2, 0.25) is 5.02 Å². The molecule has 5 nitrogen and oxygen atoms in total. The highest BCUT2D eigenvalue weighted by Crippen LogP contribution is 2.22. The van der Waals surface area contributed by atoms with Gasteiger partial charge in [-0.1, -0.05) is 23.7 Å². The van der Waals surface area contributed by atoms with E-state index in [1.807, 2.05) is 0 Å². The number of anilines is 1. The molecule has 0 saturated heterocycles. The van der Waals surface area contributed by atoms with Crippen LogP contribution in [0.25, 0.3) is 6.08 Å². The first-order valence-corrected chi connectivity index (χ1v) is 9.10. The summed E-state index contributed by atoms with van der Waals surface area (Å²) >= 11 is 5.61. The lowest BCUT2D eigenvalue weighted by Gasteiger charge is -2.09. The summed E-state index contributed by atoms with van der Waals surface area (Å²) < 4.78 is 44.8. The zero-order valence-corrected chi connectivity index (χ0v) is 14.8. The number of benzene rings is 2. The number of sulfonamides is 1. The fourth-order valence-electron chi connectivity index (χ4n) is 1.87. The highest BCUT2D eigenvalue weighted by molar-refractivity contribution is 7.92. The molecular weight excluding hydrogens is 369 g/mol. The maximum absolute atomic E-state index is 13.1. The highest BCUT2D eigenvalue weighted by atomic mass is 35.5. The van der Waals surface area contributed by atoms with Gasteiger partial charge in [0.05, 0.1) is 16.5 Å². The van der Waals surface area contributed by atoms with E-state index in [4.69, 9.17) is 16.3 Å². The van der Waals surface area contributed by atoms with Crippen molar-refractivity contribution in [3.8, 4) is 0 Å². The summed E-state index contributed by atoms with van der Waals surface area (Å²) in [6.45, 7) is 2.00. The Labute approximate surface area is 150 Å². The number of nitrogens with one attached hydrogen (secondary N) is 1. The maximum Gasteiger partial charge on any atom is 0.330 e. The van der Waals surface area contributed by atoms with E-state index in [9.17, 15) is 17.6 Å². The molecule has 0 aliphatic rings. The summed E-state index contributed by atoms with van der Waals surface area (Å²) in [6.07, 6.45) is 2.83. The van der Waals surface area contributed by atoms with E-state index in [1.54, 1.807) is 25.1 Å². The van der Waals surface area contributed by atoms with Crippen molar-refractivity contribution in [2.24, 2.45) is 0 Å². The van der Waals surface area contributed by atoms with Gasteiger partial charge in [-0.15, -0.1) is 0 Å². The van der Waals surface area contributed by atoms with Crippen LogP contribution in [0.5, 0.6) is 0 Å². The van der Waals surface area contributed by atoms with Crippen molar-refractivity contribution in [2.45, 2.75) is 11.8 Å². The summed E-state index contributed by atoms with van der Waals surface area (Å²) in [4.78, 5) is 11.1. The first-order valence-electron chi connectivity index (χ1n) is 7.24. The van der Waals surface area contributed by atoms with Gasteiger partial charge in [0.1, 0.15) is 5.82 Å². The third-order valence-electron chi connectivity index (χ3n) is 3.06. The molecule has 0 aliphatic heterocycles. The van der Waals surface area contributed by atoms with E-state index in [-0.39, 0.29) is 16.5 Å². The molecule has 0 radical (unpaired) electrons. The van der Waals surface area contributed by atoms with Crippen LogP contribution in [-0.2, 0) is 19.6 Å². The van der Waals surface area contributed by atoms with Gasteiger partial charge >= 0.3 is 5.97 Å². The predicted molar refractivity (Wildman–Crippen MR) is 94.3 cm³/mol. The molecule has 0 bridgehead atoms. The van der Waals surface area contributed by atoms with Crippen molar-refractivity contribution in [1.82, 2.24) is 0 Å². The van der Waals surface area contributed by atoms with E-state index in [0.717, 1.165) is 18.2 Å². The lowest BCUT2D eigenvalue weighted by Crippen LogP contribution is -2.13. The van der Waals surface area contributed by atoms with E-state index in [2.05, 4.69) is 4.72 Å². The first kappa shape index (κ1) is 19.0. The van der Waals surface area contributed by atoms with Crippen LogP contribution >= 0.6 is 11.6 Å². The maximum atomic E-state index is 13.1. The minimum Gasteiger partial charge on any atom is -0.463 e. The Morgan fingerprint density at radius 2 is 1.92 bits per heavy atom. The van der Waals surface area contributed by atoms with Crippen molar-refractivity contribution in [2.75, 3.05) is 11.3 Å². The van der Waals surface area contributed by atoms with Gasteiger partial charge in [-0.25, -0.2) is 17.6 Å². The number of ether oxygens (including phenoxy) is 1. The van der Waals surface area contributed by atoms with Crippen LogP contribution < -0.4 is 4.72 Å². The molecule has 0 unspecified atom stereocenters. The second kappa shape index (κ2) is 8.13. The van der Waals surface area contributed by atoms with E-state index in [0.29, 0.717) is 11.3 Å². The van der Waals surface area contributed by atoms with Gasteiger partial charge in [0.25, 0.3) is 10.0 Å². The normalized spacial score (nSPS) is 11.5. The zero-order valence-electron chi connectivity index (χ0n) is 13.2. The molecule has 132 valence electrons. The Balaban J connectivity index is 2.12. The van der Waals surface area contributed by atoms with Crippen LogP contribution in [-0.4, -0.2) is 21.0 Å². The quantitative estimate of drug-likeness (QED) is 0.607. The van der Waals surface area contributed by atoms with Gasteiger partial charge in [-0.3, -0.25) is 4.72 Å². The van der Waals surface area contributed by atoms with Gasteiger partial charge in [-0.2, -0.15) is 0 Å². The van der Waals surface area contributed by atoms with Crippen molar-refractivity contribution >= 4 is 39.4 Å². The van der Waals surface area contributed by atoms with E-state index >= 15 is 0 Å². The fourth-order valence-corrected chi connectivity index (χ4v) is 3.20. The zero-order chi connectivity index (χ0) is 18.4. The van der Waals surface area contributed by atoms with Crippen LogP contribution in [0.15, 0.2) is 53.4 Å². The monoisotopic (exact) mass is 383 g/mol. The molecule has 2 aromatic carbocycles. The summed E-state index contributed by atoms with van der Waals surface area (Å²) in [5, 5.41) is -0.276. The SMILES string of the molecule is CCOC(=O)C=Cc1ccc(NS(=O)(=O)c2ccc(F)c(Cl)c2)cc1. The molecule has 0 spiro atoms. The second-order valence-electron chi connectivity index (χ2n) is 4.89. The molecule has 0 amide bonds. The average molecular weight is 384 g/mol. The average Bonchev–Trinajstić information content (AvgIpc) is 2.56. The third kappa shape index (κ3) is 5.30. The Hall–Kier alpha value is -2.38. The largest absolute Gasteiger partial charge is 0.463 e. The second-order valence-corrected chi connectivity index (χ2v) is 6.98. The van der Waals surface area contributed by atoms with Crippen molar-refractivity contribution in [3.63, 3.8) is 0 Å². The smallest absolute Gasteiger partial charge is 0.330 e. The predicted octanol–water partition coefficient (Wildman–Crippen LogP) is 3.86. The van der Waals surface area contributed by atoms with Crippen molar-refractivity contribution in [3.05, 3.63) is 64.9 Å². The van der Waals surface area contributed by atoms with Crippen LogP contribution in [0, 0.1) is 5.82 Å². The Bertz CT molecular complexity index is 895. The molecule has 0 aromatic heterocycles. The summed E-state index contributed by atoms with van der Waals surface area (Å²) in [5.74, 6) is -1.15. The van der Waals surface area contributed by atoms with Crippen LogP contribution in [0.3, 0.4) is 0 Å². The van der Waals surface area contributed by atoms with Gasteiger partial charge in [0.15, 0.2) is 0 Å². The molecule has 0 fully saturated rings. The highest BCUT2D eigenvalue weighted by Gasteiger charge is 2.16. The molecule has 8 heteroatoms. The van der Waals surface area contributed by atoms with Crippen LogP contribution in [0.1, 0.15) is 12.5 Å². The number of hydrogen-bond donors (Lipinski definition) is 1. The number of hydrogen-bond acceptors (Lipinski definition) is 4. The summed E-state index contributed by atoms with van der Waals surface area (Å²) in [5.41, 5.74) is 1.01. The van der Waals surface area contributed by atoms with Crippen LogP contribution in [0.4, 0.5) is 10.1 Å². The number of carbonyl (C=O) groups excluding carboxylic acids is 1. The van der Waals surface area contributed by atoms with E-state index in [1.165, 1.54) is 18.2 Å². The summed E-state index contributed by atoms with van der Waals surface area (Å²) in [6, 6.07) is 9.48. The molecule has 25 heavy (non-hydrogen) atoms. The number of esters is 1. The number of rotatable bonds is 6. The molecule has 2 aromatic rings. The van der Waals surface area contributed by atoms with Gasteiger partial charge < -0.3 is 4.74 Å². The molecule has 0 aliphatic carbocycles. The summed E-state index contributed by atoms with van der Waals surface area (Å²) in [7, 11) is -3.89. The van der Waals surface area contributed by atoms with Crippen molar-refractivity contribution < 1.29 is 22.3 Å². The first-order chi connectivity index (χ1) is 11.8. The number of carbonyl (C=O) groups is 1. The van der Waals surface area contributed by atoms with Gasteiger partial charge in [0.2, 0.25) is 0 Å². The molecule has 0 atom stereocenters. The lowest BCUT2D eigenvalue weighted by atomic mass is 10.2.